The van der Waals surface area contributed by atoms with Crippen LogP contribution < -0.4 is 5.73 Å². The molecule has 0 bridgehead atoms. The first-order valence-corrected chi connectivity index (χ1v) is 7.15. The van der Waals surface area contributed by atoms with E-state index >= 15 is 0 Å². The molecule has 19 heavy (non-hydrogen) atoms. The van der Waals surface area contributed by atoms with Gasteiger partial charge in [-0.15, -0.1) is 11.3 Å². The molecule has 0 amide bonds. The van der Waals surface area contributed by atoms with Crippen molar-refractivity contribution in [3.8, 4) is 0 Å². The summed E-state index contributed by atoms with van der Waals surface area (Å²) < 4.78 is 4.92. The fourth-order valence-electron chi connectivity index (χ4n) is 1.31. The van der Waals surface area contributed by atoms with Crippen LogP contribution in [0.2, 0.25) is 0 Å². The van der Waals surface area contributed by atoms with Gasteiger partial charge in [-0.2, -0.15) is 0 Å². The van der Waals surface area contributed by atoms with Crippen molar-refractivity contribution in [2.75, 3.05) is 18.9 Å². The van der Waals surface area contributed by atoms with Crippen LogP contribution in [0, 0.1) is 0 Å². The van der Waals surface area contributed by atoms with E-state index in [1.807, 2.05) is 0 Å². The topological polar surface area (TPSA) is 86.8 Å². The minimum Gasteiger partial charge on any atom is -0.461 e. The first-order chi connectivity index (χ1) is 9.19. The molecule has 1 aromatic heterocycles. The molecule has 0 aliphatic carbocycles. The lowest BCUT2D eigenvalue weighted by Gasteiger charge is -2.04. The number of carbonyl (C=O) groups is 1. The summed E-state index contributed by atoms with van der Waals surface area (Å²) in [6.07, 6.45) is 3.06. The lowest BCUT2D eigenvalue weighted by atomic mass is 10.3. The Morgan fingerprint density at radius 2 is 2.26 bits per heavy atom. The predicted molar refractivity (Wildman–Crippen MR) is 75.2 cm³/mol. The largest absolute Gasteiger partial charge is 0.461 e. The molecule has 1 aromatic rings. The number of ether oxygens (including phenoxy) is 1. The van der Waals surface area contributed by atoms with Gasteiger partial charge in [0.15, 0.2) is 5.13 Å². The second kappa shape index (κ2) is 8.47. The molecule has 106 valence electrons. The Morgan fingerprint density at radius 3 is 2.84 bits per heavy atom. The third kappa shape index (κ3) is 5.25. The third-order valence-corrected chi connectivity index (χ3v) is 2.90. The standard InChI is InChI=1S/C12H19N3O3S/c1-3-5-6-7-18-15-10(11(16)17-4-2)9-8-19-12(13)14-9/h8H,3-7H2,1-2H3,(H2,13,14)/b15-10+. The number of carbonyl (C=O) groups excluding carboxylic acids is 1. The first kappa shape index (κ1) is 15.4. The zero-order valence-electron chi connectivity index (χ0n) is 11.2. The van der Waals surface area contributed by atoms with Crippen LogP contribution >= 0.6 is 11.3 Å². The summed E-state index contributed by atoms with van der Waals surface area (Å²) in [4.78, 5) is 20.9. The van der Waals surface area contributed by atoms with Crippen molar-refractivity contribution in [3.05, 3.63) is 11.1 Å². The molecule has 0 aliphatic rings. The molecule has 6 nitrogen and oxygen atoms in total. The van der Waals surface area contributed by atoms with Crippen LogP contribution in [-0.4, -0.2) is 29.9 Å². The van der Waals surface area contributed by atoms with Crippen molar-refractivity contribution >= 4 is 28.1 Å². The number of esters is 1. The first-order valence-electron chi connectivity index (χ1n) is 6.27. The predicted octanol–water partition coefficient (Wildman–Crippen LogP) is 2.20. The molecule has 0 spiro atoms. The molecule has 0 saturated carbocycles. The van der Waals surface area contributed by atoms with Gasteiger partial charge in [0.05, 0.1) is 6.61 Å². The fraction of sp³-hybridized carbons (Fsp3) is 0.583. The average Bonchev–Trinajstić information content (AvgIpc) is 2.80. The zero-order chi connectivity index (χ0) is 14.1. The van der Waals surface area contributed by atoms with Crippen molar-refractivity contribution in [3.63, 3.8) is 0 Å². The monoisotopic (exact) mass is 285 g/mol. The third-order valence-electron chi connectivity index (χ3n) is 2.23. The summed E-state index contributed by atoms with van der Waals surface area (Å²) in [6.45, 7) is 4.57. The Kier molecular flexibility index (Phi) is 6.88. The number of anilines is 1. The molecule has 0 fully saturated rings. The average molecular weight is 285 g/mol. The van der Waals surface area contributed by atoms with Crippen molar-refractivity contribution in [2.24, 2.45) is 5.16 Å². The highest BCUT2D eigenvalue weighted by molar-refractivity contribution is 7.13. The van der Waals surface area contributed by atoms with Crippen LogP contribution in [0.15, 0.2) is 10.5 Å². The molecule has 1 heterocycles. The second-order valence-electron chi connectivity index (χ2n) is 3.77. The molecular formula is C12H19N3O3S. The van der Waals surface area contributed by atoms with Crippen molar-refractivity contribution in [1.29, 1.82) is 0 Å². The molecule has 0 saturated heterocycles. The van der Waals surface area contributed by atoms with E-state index in [0.29, 0.717) is 17.4 Å². The number of aromatic nitrogens is 1. The Bertz CT molecular complexity index is 432. The lowest BCUT2D eigenvalue weighted by molar-refractivity contribution is -0.135. The fourth-order valence-corrected chi connectivity index (χ4v) is 1.86. The van der Waals surface area contributed by atoms with Gasteiger partial charge in [0.1, 0.15) is 12.3 Å². The number of rotatable bonds is 8. The van der Waals surface area contributed by atoms with Gasteiger partial charge in [0.2, 0.25) is 5.71 Å². The number of hydrogen-bond donors (Lipinski definition) is 1. The smallest absolute Gasteiger partial charge is 0.362 e. The number of hydrogen-bond acceptors (Lipinski definition) is 7. The summed E-state index contributed by atoms with van der Waals surface area (Å²) in [6, 6.07) is 0. The van der Waals surface area contributed by atoms with Crippen LogP contribution in [-0.2, 0) is 14.4 Å². The van der Waals surface area contributed by atoms with E-state index in [1.54, 1.807) is 12.3 Å². The molecule has 0 aromatic carbocycles. The number of nitrogen functional groups attached to an aromatic ring is 1. The Morgan fingerprint density at radius 1 is 1.47 bits per heavy atom. The van der Waals surface area contributed by atoms with E-state index in [-0.39, 0.29) is 12.3 Å². The minimum atomic E-state index is -0.553. The van der Waals surface area contributed by atoms with Crippen LogP contribution in [0.3, 0.4) is 0 Å². The molecular weight excluding hydrogens is 266 g/mol. The molecule has 0 atom stereocenters. The van der Waals surface area contributed by atoms with E-state index in [1.165, 1.54) is 11.3 Å². The molecule has 0 aliphatic heterocycles. The van der Waals surface area contributed by atoms with Gasteiger partial charge in [0.25, 0.3) is 0 Å². The van der Waals surface area contributed by atoms with E-state index in [9.17, 15) is 4.79 Å². The maximum atomic E-state index is 11.8. The molecule has 0 unspecified atom stereocenters. The van der Waals surface area contributed by atoms with E-state index in [4.69, 9.17) is 15.3 Å². The van der Waals surface area contributed by atoms with Gasteiger partial charge in [-0.05, 0) is 13.3 Å². The second-order valence-corrected chi connectivity index (χ2v) is 4.66. The van der Waals surface area contributed by atoms with Gasteiger partial charge < -0.3 is 15.3 Å². The highest BCUT2D eigenvalue weighted by atomic mass is 32.1. The van der Waals surface area contributed by atoms with Gasteiger partial charge in [-0.25, -0.2) is 9.78 Å². The van der Waals surface area contributed by atoms with Gasteiger partial charge >= 0.3 is 5.97 Å². The van der Waals surface area contributed by atoms with E-state index < -0.39 is 5.97 Å². The van der Waals surface area contributed by atoms with E-state index in [2.05, 4.69) is 17.1 Å². The van der Waals surface area contributed by atoms with Gasteiger partial charge in [-0.1, -0.05) is 24.9 Å². The highest BCUT2D eigenvalue weighted by Crippen LogP contribution is 2.13. The van der Waals surface area contributed by atoms with Crippen LogP contribution in [0.25, 0.3) is 0 Å². The van der Waals surface area contributed by atoms with E-state index in [0.717, 1.165) is 19.3 Å². The number of thiazole rings is 1. The maximum absolute atomic E-state index is 11.8. The number of nitrogens with two attached hydrogens (primary N) is 1. The van der Waals surface area contributed by atoms with Crippen LogP contribution in [0.1, 0.15) is 38.8 Å². The molecule has 0 radical (unpaired) electrons. The number of unbranched alkanes of at least 4 members (excludes halogenated alkanes) is 2. The highest BCUT2D eigenvalue weighted by Gasteiger charge is 2.19. The molecule has 7 heteroatoms. The summed E-state index contributed by atoms with van der Waals surface area (Å²) in [5.41, 5.74) is 5.99. The normalized spacial score (nSPS) is 11.4. The number of nitrogens with zero attached hydrogens (tertiary/aromatic N) is 2. The van der Waals surface area contributed by atoms with Crippen LogP contribution in [0.4, 0.5) is 5.13 Å². The summed E-state index contributed by atoms with van der Waals surface area (Å²) in [7, 11) is 0. The van der Waals surface area contributed by atoms with Crippen LogP contribution in [0.5, 0.6) is 0 Å². The zero-order valence-corrected chi connectivity index (χ0v) is 12.0. The van der Waals surface area contributed by atoms with Crippen molar-refractivity contribution in [1.82, 2.24) is 4.98 Å². The SMILES string of the molecule is CCCCCO/N=C(/C(=O)OCC)c1csc(N)n1. The Hall–Kier alpha value is -1.63. The Labute approximate surface area is 116 Å². The molecule has 1 rings (SSSR count). The minimum absolute atomic E-state index is 0.0614. The maximum Gasteiger partial charge on any atom is 0.362 e. The Balaban J connectivity index is 2.69. The molecule has 2 N–H and O–H groups in total. The van der Waals surface area contributed by atoms with Crippen molar-refractivity contribution < 1.29 is 14.4 Å². The summed E-state index contributed by atoms with van der Waals surface area (Å²) in [5.74, 6) is -0.553. The van der Waals surface area contributed by atoms with Gasteiger partial charge in [0, 0.05) is 5.38 Å². The van der Waals surface area contributed by atoms with Gasteiger partial charge in [-0.3, -0.25) is 0 Å². The summed E-state index contributed by atoms with van der Waals surface area (Å²) in [5, 5.41) is 5.85. The quantitative estimate of drug-likeness (QED) is 0.342. The summed E-state index contributed by atoms with van der Waals surface area (Å²) >= 11 is 1.24. The number of oxime groups is 1. The van der Waals surface area contributed by atoms with Crippen molar-refractivity contribution in [2.45, 2.75) is 33.1 Å². The lowest BCUT2D eigenvalue weighted by Crippen LogP contribution is -2.20.